The van der Waals surface area contributed by atoms with Gasteiger partial charge in [0.25, 0.3) is 11.4 Å². The summed E-state index contributed by atoms with van der Waals surface area (Å²) in [7, 11) is 0. The number of pyridine rings is 2. The van der Waals surface area contributed by atoms with Crippen molar-refractivity contribution in [2.24, 2.45) is 0 Å². The third-order valence-electron chi connectivity index (χ3n) is 7.93. The number of nitrogens with zero attached hydrogens (tertiary/aromatic N) is 5. The highest BCUT2D eigenvalue weighted by Crippen LogP contribution is 2.39. The van der Waals surface area contributed by atoms with Gasteiger partial charge in [-0.3, -0.25) is 9.55 Å². The molecule has 0 N–H and O–H groups in total. The molecule has 0 radical (unpaired) electrons. The third-order valence-corrected chi connectivity index (χ3v) is 7.93. The number of para-hydroxylation sites is 2. The van der Waals surface area contributed by atoms with Gasteiger partial charge in [0.15, 0.2) is 6.98 Å². The van der Waals surface area contributed by atoms with E-state index in [0.717, 1.165) is 43.3 Å². The summed E-state index contributed by atoms with van der Waals surface area (Å²) in [5.74, 6) is 1.75. The largest absolute Gasteiger partial charge is 0.496 e. The molecule has 0 saturated heterocycles. The van der Waals surface area contributed by atoms with Crippen LogP contribution < -0.4 is 9.31 Å². The van der Waals surface area contributed by atoms with E-state index in [1.54, 1.807) is 12.3 Å². The summed E-state index contributed by atoms with van der Waals surface area (Å²) in [6, 6.07) is 18.5. The van der Waals surface area contributed by atoms with Crippen LogP contribution in [-0.4, -0.2) is 32.1 Å². The lowest BCUT2D eigenvalue weighted by Crippen LogP contribution is -2.12. The van der Waals surface area contributed by atoms with Gasteiger partial charge in [0.05, 0.1) is 28.8 Å². The molecule has 3 aromatic heterocycles. The Morgan fingerprint density at radius 2 is 1.57 bits per heavy atom. The second kappa shape index (κ2) is 10.0. The van der Waals surface area contributed by atoms with Crippen molar-refractivity contribution >= 4 is 44.9 Å². The Morgan fingerprint density at radius 1 is 0.795 bits per heavy atom. The first kappa shape index (κ1) is 20.8. The molecule has 1 aliphatic heterocycles. The zero-order chi connectivity index (χ0) is 36.8. The molecule has 0 aliphatic carbocycles. The van der Waals surface area contributed by atoms with E-state index < -0.39 is 25.1 Å². The molecule has 4 heterocycles. The predicted octanol–water partition coefficient (Wildman–Crippen LogP) is 9.26. The summed E-state index contributed by atoms with van der Waals surface area (Å²) in [4.78, 5) is 9.17. The van der Waals surface area contributed by atoms with Gasteiger partial charge >= 0.3 is 6.01 Å². The lowest BCUT2D eigenvalue weighted by Gasteiger charge is -2.20. The lowest BCUT2D eigenvalue weighted by atomic mass is 9.86. The Bertz CT molecular complexity index is 2500. The molecule has 0 spiro atoms. The van der Waals surface area contributed by atoms with Crippen molar-refractivity contribution in [2.75, 3.05) is 6.98 Å². The summed E-state index contributed by atoms with van der Waals surface area (Å²) in [6.45, 7) is 9.86. The van der Waals surface area contributed by atoms with Crippen LogP contribution in [0.25, 0.3) is 27.6 Å². The number of hydrogen-bond donors (Lipinski definition) is 0. The van der Waals surface area contributed by atoms with Gasteiger partial charge in [-0.15, -0.1) is 0 Å². The number of benzene rings is 3. The monoisotopic (exact) mass is 586 g/mol. The minimum Gasteiger partial charge on any atom is -0.457 e. The number of fused-ring (bicyclic) bond motifs is 4. The van der Waals surface area contributed by atoms with Crippen LogP contribution in [0.2, 0.25) is 0 Å². The van der Waals surface area contributed by atoms with Crippen molar-refractivity contribution in [3.05, 3.63) is 108 Å². The highest BCUT2D eigenvalue weighted by atomic mass is 16.5. The maximum Gasteiger partial charge on any atom is 0.496 e. The maximum atomic E-state index is 8.73. The topological polar surface area (TPSA) is 46.0 Å². The SMILES string of the molecule is [2H]c1c([2H])c([2H])c2c(c1[2H])[N+](c1cc(Oc3ccc4c5ccncc5n(-c5cc(C(C)(C)C)ccn5)c4c3)cc(C(C)(C)C)c1)=C=[N+]2C([2H])([2H])[2H]. The Hall–Kier alpha value is -5.06. The van der Waals surface area contributed by atoms with Crippen LogP contribution in [0.4, 0.5) is 17.1 Å². The van der Waals surface area contributed by atoms with Crippen LogP contribution in [0.5, 0.6) is 11.5 Å². The number of aromatic nitrogens is 3. The van der Waals surface area contributed by atoms with Crippen LogP contribution in [0.3, 0.4) is 0 Å². The van der Waals surface area contributed by atoms with Gasteiger partial charge in [-0.2, -0.15) is 0 Å². The Kier molecular flexibility index (Phi) is 4.72. The van der Waals surface area contributed by atoms with E-state index in [1.165, 1.54) is 4.58 Å². The van der Waals surface area contributed by atoms with Crippen molar-refractivity contribution in [1.29, 1.82) is 0 Å². The van der Waals surface area contributed by atoms with Crippen molar-refractivity contribution in [3.63, 3.8) is 0 Å². The van der Waals surface area contributed by atoms with Crippen molar-refractivity contribution in [2.45, 2.75) is 52.4 Å². The second-order valence-electron chi connectivity index (χ2n) is 13.1. The predicted molar refractivity (Wildman–Crippen MR) is 179 cm³/mol. The number of hydrogen-bond acceptors (Lipinski definition) is 3. The van der Waals surface area contributed by atoms with Gasteiger partial charge in [0.2, 0.25) is 5.69 Å². The Labute approximate surface area is 268 Å². The fourth-order valence-corrected chi connectivity index (χ4v) is 5.51. The van der Waals surface area contributed by atoms with Gasteiger partial charge in [-0.1, -0.05) is 58.2 Å². The molecule has 7 rings (SSSR count). The summed E-state index contributed by atoms with van der Waals surface area (Å²) < 4.78 is 69.1. The fraction of sp³-hybridized carbons (Fsp3) is 0.237. The van der Waals surface area contributed by atoms with Gasteiger partial charge in [-0.25, -0.2) is 4.98 Å². The first-order valence-electron chi connectivity index (χ1n) is 18.0. The van der Waals surface area contributed by atoms with Gasteiger partial charge in [0.1, 0.15) is 21.4 Å². The van der Waals surface area contributed by atoms with E-state index in [0.29, 0.717) is 17.2 Å². The summed E-state index contributed by atoms with van der Waals surface area (Å²) in [5, 5.41) is 2.03. The molecule has 218 valence electrons. The van der Waals surface area contributed by atoms with Crippen molar-refractivity contribution in [1.82, 2.24) is 19.1 Å². The Balaban J connectivity index is 1.41. The summed E-state index contributed by atoms with van der Waals surface area (Å²) >= 11 is 0. The maximum absolute atomic E-state index is 8.73. The van der Waals surface area contributed by atoms with E-state index in [1.807, 2.05) is 75.6 Å². The molecule has 0 fully saturated rings. The standard InChI is InChI=1S/C38H37N5O/c1-37(2,3)25-14-17-40-36(20-25)43-34-22-28(12-13-30(34)31-15-16-39-23-35(31)43)44-29-19-26(38(4,5)6)18-27(21-29)42-24-41(7)32-10-8-9-11-33(32)42/h8-23H,1-7H3/q+2/i7D3,8D,9D,10D,11D. The minimum atomic E-state index is -2.76. The molecule has 1 aliphatic rings. The van der Waals surface area contributed by atoms with E-state index in [-0.39, 0.29) is 28.2 Å². The highest BCUT2D eigenvalue weighted by molar-refractivity contribution is 6.09. The van der Waals surface area contributed by atoms with Crippen LogP contribution in [0.1, 0.15) is 62.3 Å². The fourth-order valence-electron chi connectivity index (χ4n) is 5.51. The zero-order valence-corrected chi connectivity index (χ0v) is 25.6. The smallest absolute Gasteiger partial charge is 0.457 e. The average molecular weight is 587 g/mol. The molecule has 44 heavy (non-hydrogen) atoms. The average Bonchev–Trinajstić information content (AvgIpc) is 3.63. The normalized spacial score (nSPS) is 15.8. The van der Waals surface area contributed by atoms with Gasteiger partial charge in [-0.05, 0) is 62.9 Å². The molecule has 0 unspecified atom stereocenters. The molecule has 0 saturated carbocycles. The molecule has 3 aromatic carbocycles. The molecule has 6 heteroatoms. The number of ether oxygens (including phenoxy) is 1. The number of rotatable bonds is 4. The molecular formula is C38H37N5O+2. The van der Waals surface area contributed by atoms with Gasteiger partial charge < -0.3 is 4.74 Å². The lowest BCUT2D eigenvalue weighted by molar-refractivity contribution is -0.394. The first-order valence-corrected chi connectivity index (χ1v) is 14.5. The molecular weight excluding hydrogens is 542 g/mol. The summed E-state index contributed by atoms with van der Waals surface area (Å²) in [5.41, 5.74) is 3.59. The third kappa shape index (κ3) is 4.78. The summed E-state index contributed by atoms with van der Waals surface area (Å²) in [6.07, 6.45) is 5.42. The zero-order valence-electron chi connectivity index (χ0n) is 32.6. The van der Waals surface area contributed by atoms with Crippen molar-refractivity contribution < 1.29 is 18.9 Å². The molecule has 0 amide bonds. The van der Waals surface area contributed by atoms with Crippen molar-refractivity contribution in [3.8, 4) is 17.3 Å². The van der Waals surface area contributed by atoms with Crippen LogP contribution in [-0.2, 0) is 10.8 Å². The molecule has 0 bridgehead atoms. The first-order chi connectivity index (χ1) is 23.8. The second-order valence-corrected chi connectivity index (χ2v) is 13.1. The quantitative estimate of drug-likeness (QED) is 0.193. The Morgan fingerprint density at radius 3 is 2.34 bits per heavy atom. The van der Waals surface area contributed by atoms with E-state index in [2.05, 4.69) is 42.4 Å². The molecule has 0 atom stereocenters. The minimum absolute atomic E-state index is 0.00123. The highest BCUT2D eigenvalue weighted by Gasteiger charge is 2.33. The van der Waals surface area contributed by atoms with Crippen LogP contribution >= 0.6 is 0 Å². The molecule has 6 aromatic rings. The van der Waals surface area contributed by atoms with E-state index >= 15 is 0 Å². The van der Waals surface area contributed by atoms with E-state index in [9.17, 15) is 0 Å². The van der Waals surface area contributed by atoms with Crippen LogP contribution in [0, 0.1) is 0 Å². The molecule has 6 nitrogen and oxygen atoms in total. The van der Waals surface area contributed by atoms with Crippen LogP contribution in [0.15, 0.2) is 97.4 Å². The van der Waals surface area contributed by atoms with E-state index in [4.69, 9.17) is 19.3 Å². The van der Waals surface area contributed by atoms with Gasteiger partial charge in [0, 0.05) is 47.4 Å².